The maximum absolute atomic E-state index is 13.2. The van der Waals surface area contributed by atoms with Crippen molar-refractivity contribution < 1.29 is 14.1 Å². The highest BCUT2D eigenvalue weighted by Gasteiger charge is 2.15. The van der Waals surface area contributed by atoms with E-state index in [-0.39, 0.29) is 11.4 Å². The van der Waals surface area contributed by atoms with Gasteiger partial charge < -0.3 is 10.1 Å². The van der Waals surface area contributed by atoms with E-state index in [1.165, 1.54) is 36.4 Å². The highest BCUT2D eigenvalue weighted by molar-refractivity contribution is 6.33. The number of para-hydroxylation sites is 1. The molecule has 5 rings (SSSR count). The summed E-state index contributed by atoms with van der Waals surface area (Å²) in [4.78, 5) is 20.4. The number of nitro groups is 1. The molecule has 1 N–H and O–H groups in total. The van der Waals surface area contributed by atoms with E-state index in [9.17, 15) is 14.5 Å². The largest absolute Gasteiger partial charge is 0.457 e. The number of benzene rings is 4. The number of fused-ring (bicyclic) bond motifs is 1. The molecule has 172 valence electrons. The van der Waals surface area contributed by atoms with Gasteiger partial charge in [-0.3, -0.25) is 10.1 Å². The van der Waals surface area contributed by atoms with Crippen LogP contribution in [0.1, 0.15) is 0 Å². The van der Waals surface area contributed by atoms with E-state index in [2.05, 4.69) is 15.3 Å². The molecule has 7 nitrogen and oxygen atoms in total. The maximum Gasteiger partial charge on any atom is 0.275 e. The zero-order valence-electron chi connectivity index (χ0n) is 18.0. The van der Waals surface area contributed by atoms with Crippen LogP contribution in [0.5, 0.6) is 11.5 Å². The summed E-state index contributed by atoms with van der Waals surface area (Å²) in [7, 11) is 0. The molecular weight excluding hydrogens is 471 g/mol. The minimum absolute atomic E-state index is 0.184. The van der Waals surface area contributed by atoms with E-state index in [0.717, 1.165) is 5.39 Å². The summed E-state index contributed by atoms with van der Waals surface area (Å²) in [6.45, 7) is 0. The first-order chi connectivity index (χ1) is 17.0. The van der Waals surface area contributed by atoms with Crippen molar-refractivity contribution in [3.63, 3.8) is 0 Å². The zero-order chi connectivity index (χ0) is 24.4. The Kier molecular flexibility index (Phi) is 5.95. The van der Waals surface area contributed by atoms with Crippen molar-refractivity contribution in [1.82, 2.24) is 9.97 Å². The summed E-state index contributed by atoms with van der Waals surface area (Å²) in [5.41, 5.74) is 1.53. The van der Waals surface area contributed by atoms with Crippen molar-refractivity contribution >= 4 is 39.7 Å². The van der Waals surface area contributed by atoms with Gasteiger partial charge in [-0.25, -0.2) is 14.4 Å². The molecule has 5 aromatic rings. The van der Waals surface area contributed by atoms with Gasteiger partial charge in [0.05, 0.1) is 27.2 Å². The van der Waals surface area contributed by atoms with Crippen LogP contribution in [0.25, 0.3) is 22.3 Å². The number of rotatable bonds is 6. The fourth-order valence-electron chi connectivity index (χ4n) is 3.53. The molecular formula is C26H16ClFN4O3. The van der Waals surface area contributed by atoms with Gasteiger partial charge >= 0.3 is 0 Å². The molecule has 0 fully saturated rings. The fraction of sp³-hybridized carbons (Fsp3) is 0. The van der Waals surface area contributed by atoms with Crippen molar-refractivity contribution in [3.8, 4) is 22.9 Å². The number of halogens is 2. The van der Waals surface area contributed by atoms with Crippen LogP contribution in [-0.2, 0) is 0 Å². The van der Waals surface area contributed by atoms with Gasteiger partial charge in [-0.05, 0) is 48.5 Å². The molecule has 9 heteroatoms. The lowest BCUT2D eigenvalue weighted by atomic mass is 10.1. The summed E-state index contributed by atoms with van der Waals surface area (Å²) in [5, 5.41) is 16.0. The van der Waals surface area contributed by atoms with Gasteiger partial charge in [0.25, 0.3) is 5.69 Å². The van der Waals surface area contributed by atoms with Crippen LogP contribution in [-0.4, -0.2) is 14.9 Å². The zero-order valence-corrected chi connectivity index (χ0v) is 18.7. The molecule has 0 saturated carbocycles. The van der Waals surface area contributed by atoms with Crippen LogP contribution in [0.2, 0.25) is 5.02 Å². The Morgan fingerprint density at radius 1 is 0.886 bits per heavy atom. The number of anilines is 2. The average Bonchev–Trinajstić information content (AvgIpc) is 2.85. The lowest BCUT2D eigenvalue weighted by molar-refractivity contribution is -0.384. The van der Waals surface area contributed by atoms with E-state index in [1.54, 1.807) is 12.1 Å². The highest BCUT2D eigenvalue weighted by Crippen LogP contribution is 2.34. The van der Waals surface area contributed by atoms with Crippen LogP contribution >= 0.6 is 11.6 Å². The van der Waals surface area contributed by atoms with Gasteiger partial charge in [-0.1, -0.05) is 35.9 Å². The molecule has 0 atom stereocenters. The topological polar surface area (TPSA) is 90.2 Å². The summed E-state index contributed by atoms with van der Waals surface area (Å²) >= 11 is 6.37. The summed E-state index contributed by atoms with van der Waals surface area (Å²) in [6, 6.07) is 24.3. The monoisotopic (exact) mass is 486 g/mol. The number of non-ortho nitro benzene ring substituents is 1. The molecule has 0 spiro atoms. The lowest BCUT2D eigenvalue weighted by Gasteiger charge is -2.13. The third kappa shape index (κ3) is 4.87. The van der Waals surface area contributed by atoms with Gasteiger partial charge in [-0.2, -0.15) is 0 Å². The minimum Gasteiger partial charge on any atom is -0.457 e. The van der Waals surface area contributed by atoms with Gasteiger partial charge in [0.2, 0.25) is 0 Å². The Morgan fingerprint density at radius 2 is 1.63 bits per heavy atom. The number of hydrogen-bond donors (Lipinski definition) is 1. The smallest absolute Gasteiger partial charge is 0.275 e. The Bertz CT molecular complexity index is 1560. The number of nitrogens with zero attached hydrogens (tertiary/aromatic N) is 3. The molecule has 0 amide bonds. The third-order valence-corrected chi connectivity index (χ3v) is 5.46. The summed E-state index contributed by atoms with van der Waals surface area (Å²) < 4.78 is 19.0. The fourth-order valence-corrected chi connectivity index (χ4v) is 3.75. The summed E-state index contributed by atoms with van der Waals surface area (Å²) in [6.07, 6.45) is 0. The average molecular weight is 487 g/mol. The molecule has 0 bridgehead atoms. The van der Waals surface area contributed by atoms with Crippen LogP contribution in [0.4, 0.5) is 21.6 Å². The molecule has 1 heterocycles. The standard InChI is InChI=1S/C26H16ClFN4O3/c27-23-7-3-1-5-21(23)25-30-24-8-4-2-6-22(24)26(31-25)29-17-13-18(32(33)34)15-20(14-17)35-19-11-9-16(28)10-12-19/h1-15H,(H,29,30,31). The van der Waals surface area contributed by atoms with Crippen LogP contribution in [0, 0.1) is 15.9 Å². The second kappa shape index (κ2) is 9.36. The van der Waals surface area contributed by atoms with Crippen LogP contribution in [0.3, 0.4) is 0 Å². The predicted octanol–water partition coefficient (Wildman–Crippen LogP) is 7.53. The SMILES string of the molecule is O=[N+]([O-])c1cc(Nc2nc(-c3ccccc3Cl)nc3ccccc23)cc(Oc2ccc(F)cc2)c1. The maximum atomic E-state index is 13.2. The molecule has 0 radical (unpaired) electrons. The van der Waals surface area contributed by atoms with Crippen molar-refractivity contribution in [1.29, 1.82) is 0 Å². The van der Waals surface area contributed by atoms with Gasteiger partial charge in [0.1, 0.15) is 23.1 Å². The molecule has 0 unspecified atom stereocenters. The van der Waals surface area contributed by atoms with Crippen LogP contribution < -0.4 is 10.1 Å². The van der Waals surface area contributed by atoms with E-state index < -0.39 is 10.7 Å². The number of ether oxygens (including phenoxy) is 1. The van der Waals surface area contributed by atoms with Gasteiger partial charge in [0.15, 0.2) is 5.82 Å². The van der Waals surface area contributed by atoms with E-state index in [1.807, 2.05) is 42.5 Å². The quantitative estimate of drug-likeness (QED) is 0.197. The molecule has 1 aromatic heterocycles. The Balaban J connectivity index is 1.58. The van der Waals surface area contributed by atoms with E-state index in [0.29, 0.717) is 39.2 Å². The van der Waals surface area contributed by atoms with Crippen molar-refractivity contribution in [2.45, 2.75) is 0 Å². The molecule has 0 aliphatic heterocycles. The first-order valence-electron chi connectivity index (χ1n) is 10.5. The van der Waals surface area contributed by atoms with E-state index >= 15 is 0 Å². The molecule has 35 heavy (non-hydrogen) atoms. The Hall–Kier alpha value is -4.56. The second-order valence-corrected chi connectivity index (χ2v) is 7.95. The normalized spacial score (nSPS) is 10.8. The first kappa shape index (κ1) is 22.2. The number of nitrogens with one attached hydrogen (secondary N) is 1. The second-order valence-electron chi connectivity index (χ2n) is 7.55. The van der Waals surface area contributed by atoms with Crippen molar-refractivity contribution in [2.75, 3.05) is 5.32 Å². The van der Waals surface area contributed by atoms with Crippen molar-refractivity contribution in [2.24, 2.45) is 0 Å². The minimum atomic E-state index is -0.518. The van der Waals surface area contributed by atoms with Gasteiger partial charge in [-0.15, -0.1) is 0 Å². The Morgan fingerprint density at radius 3 is 2.40 bits per heavy atom. The lowest BCUT2D eigenvalue weighted by Crippen LogP contribution is -2.01. The molecule has 0 aliphatic carbocycles. The number of hydrogen-bond acceptors (Lipinski definition) is 6. The molecule has 0 saturated heterocycles. The predicted molar refractivity (Wildman–Crippen MR) is 133 cm³/mol. The third-order valence-electron chi connectivity index (χ3n) is 5.13. The molecule has 4 aromatic carbocycles. The first-order valence-corrected chi connectivity index (χ1v) is 10.9. The van der Waals surface area contributed by atoms with E-state index in [4.69, 9.17) is 16.3 Å². The summed E-state index contributed by atoms with van der Waals surface area (Å²) in [5.74, 6) is 0.983. The Labute approximate surface area is 204 Å². The number of nitro benzene ring substituents is 1. The molecule has 0 aliphatic rings. The van der Waals surface area contributed by atoms with Crippen molar-refractivity contribution in [3.05, 3.63) is 112 Å². The number of aromatic nitrogens is 2. The highest BCUT2D eigenvalue weighted by atomic mass is 35.5. The van der Waals surface area contributed by atoms with Crippen LogP contribution in [0.15, 0.2) is 91.0 Å². The van der Waals surface area contributed by atoms with Gasteiger partial charge in [0, 0.05) is 23.1 Å².